The van der Waals surface area contributed by atoms with Crippen molar-refractivity contribution in [1.82, 2.24) is 0 Å². The van der Waals surface area contributed by atoms with Gasteiger partial charge in [0.05, 0.1) is 0 Å². The summed E-state index contributed by atoms with van der Waals surface area (Å²) in [5.74, 6) is 1.04. The number of hydrogen-bond acceptors (Lipinski definition) is 4. The highest BCUT2D eigenvalue weighted by atomic mass is 16.5. The van der Waals surface area contributed by atoms with E-state index in [0.717, 1.165) is 22.4 Å². The topological polar surface area (TPSA) is 88.1 Å². The number of oxime groups is 1. The van der Waals surface area contributed by atoms with E-state index in [9.17, 15) is 5.11 Å². The van der Waals surface area contributed by atoms with Crippen molar-refractivity contribution in [2.75, 3.05) is 0 Å². The molecule has 5 heteroatoms. The lowest BCUT2D eigenvalue weighted by Gasteiger charge is -2.14. The van der Waals surface area contributed by atoms with Gasteiger partial charge in [0, 0.05) is 5.56 Å². The fourth-order valence-corrected chi connectivity index (χ4v) is 2.19. The lowest BCUT2D eigenvalue weighted by atomic mass is 10.0. The number of rotatable bonds is 4. The molecule has 0 saturated heterocycles. The lowest BCUT2D eigenvalue weighted by molar-refractivity contribution is 0.301. The zero-order valence-electron chi connectivity index (χ0n) is 12.0. The van der Waals surface area contributed by atoms with E-state index >= 15 is 0 Å². The molecule has 0 aliphatic carbocycles. The Labute approximate surface area is 123 Å². The first-order valence-corrected chi connectivity index (χ1v) is 6.51. The summed E-state index contributed by atoms with van der Waals surface area (Å²) in [6.07, 6.45) is 0. The molecule has 0 bridgehead atoms. The highest BCUT2D eigenvalue weighted by Gasteiger charge is 2.09. The number of nitrogens with zero attached hydrogens (tertiary/aromatic N) is 1. The molecule has 0 aliphatic rings. The zero-order valence-corrected chi connectivity index (χ0v) is 12.0. The SMILES string of the molecule is Cc1cc(/C(N)=N/O)cc(C)c1OCc1cccc(O)c1. The van der Waals surface area contributed by atoms with E-state index in [4.69, 9.17) is 15.7 Å². The van der Waals surface area contributed by atoms with Crippen LogP contribution in [0.1, 0.15) is 22.3 Å². The van der Waals surface area contributed by atoms with Crippen LogP contribution in [-0.2, 0) is 6.61 Å². The van der Waals surface area contributed by atoms with Gasteiger partial charge in [-0.15, -0.1) is 0 Å². The van der Waals surface area contributed by atoms with Gasteiger partial charge in [-0.2, -0.15) is 0 Å². The Morgan fingerprint density at radius 1 is 1.19 bits per heavy atom. The first kappa shape index (κ1) is 14.7. The summed E-state index contributed by atoms with van der Waals surface area (Å²) < 4.78 is 5.82. The Morgan fingerprint density at radius 3 is 2.43 bits per heavy atom. The average Bonchev–Trinajstić information content (AvgIpc) is 2.45. The third kappa shape index (κ3) is 3.45. The number of hydrogen-bond donors (Lipinski definition) is 3. The van der Waals surface area contributed by atoms with E-state index in [0.29, 0.717) is 12.2 Å². The predicted molar refractivity (Wildman–Crippen MR) is 80.9 cm³/mol. The van der Waals surface area contributed by atoms with Gasteiger partial charge in [0.1, 0.15) is 18.1 Å². The standard InChI is InChI=1S/C16H18N2O3/c1-10-6-13(16(17)18-20)7-11(2)15(10)21-9-12-4-3-5-14(19)8-12/h3-8,19-20H,9H2,1-2H3,(H2,17,18). The van der Waals surface area contributed by atoms with Crippen molar-refractivity contribution in [3.63, 3.8) is 0 Å². The van der Waals surface area contributed by atoms with E-state index < -0.39 is 0 Å². The second-order valence-electron chi connectivity index (χ2n) is 4.88. The maximum absolute atomic E-state index is 9.44. The molecule has 0 spiro atoms. The molecule has 5 nitrogen and oxygen atoms in total. The van der Waals surface area contributed by atoms with E-state index in [1.54, 1.807) is 30.3 Å². The smallest absolute Gasteiger partial charge is 0.170 e. The van der Waals surface area contributed by atoms with Crippen molar-refractivity contribution < 1.29 is 15.1 Å². The molecule has 0 aliphatic heterocycles. The van der Waals surface area contributed by atoms with Crippen LogP contribution in [0.3, 0.4) is 0 Å². The van der Waals surface area contributed by atoms with E-state index in [1.807, 2.05) is 19.9 Å². The Kier molecular flexibility index (Phi) is 4.33. The summed E-state index contributed by atoms with van der Waals surface area (Å²) in [4.78, 5) is 0. The number of ether oxygens (including phenoxy) is 1. The summed E-state index contributed by atoms with van der Waals surface area (Å²) in [5, 5.41) is 21.2. The Balaban J connectivity index is 2.21. The van der Waals surface area contributed by atoms with Crippen LogP contribution in [0, 0.1) is 13.8 Å². The first-order valence-electron chi connectivity index (χ1n) is 6.51. The van der Waals surface area contributed by atoms with Gasteiger partial charge >= 0.3 is 0 Å². The molecule has 0 heterocycles. The quantitative estimate of drug-likeness (QED) is 0.349. The number of nitrogens with two attached hydrogens (primary N) is 1. The Morgan fingerprint density at radius 2 is 1.86 bits per heavy atom. The molecular formula is C16H18N2O3. The second kappa shape index (κ2) is 6.17. The maximum atomic E-state index is 9.44. The van der Waals surface area contributed by atoms with Crippen LogP contribution in [0.15, 0.2) is 41.6 Å². The van der Waals surface area contributed by atoms with Gasteiger partial charge in [0.25, 0.3) is 0 Å². The van der Waals surface area contributed by atoms with Crippen LogP contribution in [0.4, 0.5) is 0 Å². The number of phenols is 1. The molecule has 0 radical (unpaired) electrons. The molecule has 0 amide bonds. The zero-order chi connectivity index (χ0) is 15.4. The van der Waals surface area contributed by atoms with E-state index in [1.165, 1.54) is 0 Å². The molecule has 0 unspecified atom stereocenters. The molecule has 2 aromatic rings. The molecule has 2 aromatic carbocycles. The van der Waals surface area contributed by atoms with Crippen molar-refractivity contribution in [3.05, 3.63) is 58.7 Å². The monoisotopic (exact) mass is 286 g/mol. The van der Waals surface area contributed by atoms with Gasteiger partial charge in [0.15, 0.2) is 5.84 Å². The van der Waals surface area contributed by atoms with E-state index in [2.05, 4.69) is 5.16 Å². The maximum Gasteiger partial charge on any atom is 0.170 e. The van der Waals surface area contributed by atoms with Crippen LogP contribution in [0.5, 0.6) is 11.5 Å². The fraction of sp³-hybridized carbons (Fsp3) is 0.188. The minimum atomic E-state index is 0.0701. The van der Waals surface area contributed by atoms with Crippen molar-refractivity contribution in [1.29, 1.82) is 0 Å². The first-order chi connectivity index (χ1) is 10.0. The molecule has 0 saturated carbocycles. The number of aromatic hydroxyl groups is 1. The van der Waals surface area contributed by atoms with Crippen molar-refractivity contribution in [2.45, 2.75) is 20.5 Å². The summed E-state index contributed by atoms with van der Waals surface area (Å²) in [7, 11) is 0. The minimum Gasteiger partial charge on any atom is -0.508 e. The second-order valence-corrected chi connectivity index (χ2v) is 4.88. The number of aryl methyl sites for hydroxylation is 2. The normalized spacial score (nSPS) is 11.4. The van der Waals surface area contributed by atoms with Gasteiger partial charge in [-0.1, -0.05) is 17.3 Å². The van der Waals surface area contributed by atoms with Crippen molar-refractivity contribution >= 4 is 5.84 Å². The summed E-state index contributed by atoms with van der Waals surface area (Å²) in [5.41, 5.74) is 8.93. The number of benzene rings is 2. The van der Waals surface area contributed by atoms with Crippen molar-refractivity contribution in [3.8, 4) is 11.5 Å². The summed E-state index contributed by atoms with van der Waals surface area (Å²) in [6.45, 7) is 4.16. The molecule has 2 rings (SSSR count). The van der Waals surface area contributed by atoms with Crippen LogP contribution in [-0.4, -0.2) is 16.1 Å². The minimum absolute atomic E-state index is 0.0701. The van der Waals surface area contributed by atoms with E-state index in [-0.39, 0.29) is 11.6 Å². The molecule has 0 fully saturated rings. The van der Waals surface area contributed by atoms with Gasteiger partial charge in [-0.05, 0) is 54.8 Å². The van der Waals surface area contributed by atoms with Gasteiger partial charge in [-0.25, -0.2) is 0 Å². The summed E-state index contributed by atoms with van der Waals surface area (Å²) >= 11 is 0. The third-order valence-electron chi connectivity index (χ3n) is 3.16. The number of phenolic OH excluding ortho intramolecular Hbond substituents is 1. The fourth-order valence-electron chi connectivity index (χ4n) is 2.19. The van der Waals surface area contributed by atoms with Gasteiger partial charge < -0.3 is 20.8 Å². The third-order valence-corrected chi connectivity index (χ3v) is 3.16. The average molecular weight is 286 g/mol. The van der Waals surface area contributed by atoms with Crippen LogP contribution >= 0.6 is 0 Å². The number of amidine groups is 1. The Hall–Kier alpha value is -2.69. The van der Waals surface area contributed by atoms with Crippen LogP contribution in [0.2, 0.25) is 0 Å². The Bertz CT molecular complexity index is 658. The molecule has 21 heavy (non-hydrogen) atoms. The highest BCUT2D eigenvalue weighted by Crippen LogP contribution is 2.26. The molecule has 4 N–H and O–H groups in total. The highest BCUT2D eigenvalue weighted by molar-refractivity contribution is 5.97. The molecule has 0 aromatic heterocycles. The molecule has 110 valence electrons. The van der Waals surface area contributed by atoms with Crippen LogP contribution in [0.25, 0.3) is 0 Å². The van der Waals surface area contributed by atoms with Gasteiger partial charge in [-0.3, -0.25) is 0 Å². The van der Waals surface area contributed by atoms with Crippen molar-refractivity contribution in [2.24, 2.45) is 10.9 Å². The largest absolute Gasteiger partial charge is 0.508 e. The predicted octanol–water partition coefficient (Wildman–Crippen LogP) is 2.68. The summed E-state index contributed by atoms with van der Waals surface area (Å²) in [6, 6.07) is 10.5. The molecular weight excluding hydrogens is 268 g/mol. The van der Waals surface area contributed by atoms with Crippen LogP contribution < -0.4 is 10.5 Å². The molecule has 0 atom stereocenters. The lowest BCUT2D eigenvalue weighted by Crippen LogP contribution is -2.14. The van der Waals surface area contributed by atoms with Gasteiger partial charge in [0.2, 0.25) is 0 Å².